The molecular weight excluding hydrogens is 462 g/mol. The lowest BCUT2D eigenvalue weighted by atomic mass is 10.00. The third kappa shape index (κ3) is 3.75. The number of fused-ring (bicyclic) bond motifs is 1. The van der Waals surface area contributed by atoms with Crippen LogP contribution in [0.4, 0.5) is 8.78 Å². The van der Waals surface area contributed by atoms with E-state index < -0.39 is 24.9 Å². The molecule has 1 aliphatic heterocycles. The highest BCUT2D eigenvalue weighted by atomic mass is 35.5. The normalized spacial score (nSPS) is 18.8. The smallest absolute Gasteiger partial charge is 0.307 e. The number of nitrogens with one attached hydrogen (secondary N) is 1. The molecule has 1 saturated heterocycles. The summed E-state index contributed by atoms with van der Waals surface area (Å²) in [4.78, 5) is 27.7. The van der Waals surface area contributed by atoms with E-state index in [-0.39, 0.29) is 27.3 Å². The number of rotatable bonds is 4. The summed E-state index contributed by atoms with van der Waals surface area (Å²) < 4.78 is 31.9. The Morgan fingerprint density at radius 1 is 1.25 bits per heavy atom. The molecule has 0 radical (unpaired) electrons. The van der Waals surface area contributed by atoms with Gasteiger partial charge in [0, 0.05) is 11.5 Å². The van der Waals surface area contributed by atoms with E-state index in [1.54, 1.807) is 12.1 Å². The van der Waals surface area contributed by atoms with Gasteiger partial charge in [-0.3, -0.25) is 14.6 Å². The van der Waals surface area contributed by atoms with Crippen LogP contribution in [0, 0.1) is 0 Å². The van der Waals surface area contributed by atoms with Gasteiger partial charge < -0.3 is 14.7 Å². The molecule has 2 N–H and O–H groups in total. The van der Waals surface area contributed by atoms with Gasteiger partial charge >= 0.3 is 4.87 Å². The average Bonchev–Trinajstić information content (AvgIpc) is 3.28. The van der Waals surface area contributed by atoms with Crippen LogP contribution in [0.5, 0.6) is 17.4 Å². The molecule has 166 valence electrons. The lowest BCUT2D eigenvalue weighted by Gasteiger charge is -2.38. The maximum Gasteiger partial charge on any atom is 0.307 e. The summed E-state index contributed by atoms with van der Waals surface area (Å²) >= 11 is 7.30. The van der Waals surface area contributed by atoms with Gasteiger partial charge in [-0.2, -0.15) is 0 Å². The molecule has 1 aromatic heterocycles. The molecule has 1 amide bonds. The van der Waals surface area contributed by atoms with E-state index in [9.17, 15) is 23.5 Å². The second-order valence-electron chi connectivity index (χ2n) is 7.94. The molecule has 1 atom stereocenters. The number of aromatic nitrogens is 1. The minimum Gasteiger partial charge on any atom is -0.494 e. The van der Waals surface area contributed by atoms with Gasteiger partial charge in [0.1, 0.15) is 11.5 Å². The number of amides is 1. The van der Waals surface area contributed by atoms with Crippen LogP contribution in [0.3, 0.4) is 0 Å². The minimum absolute atomic E-state index is 0.0502. The Morgan fingerprint density at radius 3 is 2.69 bits per heavy atom. The van der Waals surface area contributed by atoms with E-state index in [1.165, 1.54) is 12.1 Å². The molecule has 2 aromatic carbocycles. The summed E-state index contributed by atoms with van der Waals surface area (Å²) in [7, 11) is 0. The number of hydrogen-bond donors (Lipinski definition) is 2. The van der Waals surface area contributed by atoms with Crippen LogP contribution in [0.1, 0.15) is 38.7 Å². The maximum absolute atomic E-state index is 13.0. The molecule has 1 aliphatic carbocycles. The molecule has 1 fully saturated rings. The predicted octanol–water partition coefficient (Wildman–Crippen LogP) is 4.76. The van der Waals surface area contributed by atoms with Gasteiger partial charge in [-0.1, -0.05) is 29.0 Å². The van der Waals surface area contributed by atoms with Gasteiger partial charge in [-0.05, 0) is 54.3 Å². The zero-order valence-corrected chi connectivity index (χ0v) is 18.1. The van der Waals surface area contributed by atoms with Crippen LogP contribution in [-0.2, 0) is 6.42 Å². The van der Waals surface area contributed by atoms with Crippen LogP contribution in [0.2, 0.25) is 5.02 Å². The Morgan fingerprint density at radius 2 is 2.03 bits per heavy atom. The number of hydrogen-bond acceptors (Lipinski definition) is 5. The largest absolute Gasteiger partial charge is 0.494 e. The monoisotopic (exact) mass is 478 g/mol. The Bertz CT molecular complexity index is 1280. The number of H-pyrrole nitrogens is 1. The number of carbonyl (C=O) groups excluding carboxylic acids is 1. The van der Waals surface area contributed by atoms with Gasteiger partial charge in [-0.25, -0.2) is 8.78 Å². The van der Waals surface area contributed by atoms with Crippen LogP contribution in [0.15, 0.2) is 41.2 Å². The molecule has 0 spiro atoms. The van der Waals surface area contributed by atoms with Crippen molar-refractivity contribution in [3.8, 4) is 17.4 Å². The van der Waals surface area contributed by atoms with Gasteiger partial charge in [0.25, 0.3) is 11.8 Å². The quantitative estimate of drug-likeness (QED) is 0.566. The summed E-state index contributed by atoms with van der Waals surface area (Å²) in [5.74, 6) is -2.56. The third-order valence-electron chi connectivity index (χ3n) is 5.70. The topological polar surface area (TPSA) is 82.6 Å². The molecule has 6 nitrogen and oxygen atoms in total. The summed E-state index contributed by atoms with van der Waals surface area (Å²) in [6, 6.07) is 10.0. The highest BCUT2D eigenvalue weighted by Gasteiger charge is 2.46. The van der Waals surface area contributed by atoms with Crippen molar-refractivity contribution in [2.75, 3.05) is 13.1 Å². The Labute approximate surface area is 190 Å². The Kier molecular flexibility index (Phi) is 4.98. The number of aromatic amines is 1. The number of halogens is 3. The van der Waals surface area contributed by atoms with E-state index >= 15 is 0 Å². The second kappa shape index (κ2) is 7.60. The Hall–Kier alpha value is -2.91. The van der Waals surface area contributed by atoms with Gasteiger partial charge in [0.15, 0.2) is 0 Å². The first-order valence-electron chi connectivity index (χ1n) is 9.89. The molecular formula is C22H17ClF2N2O4S. The number of aryl methyl sites for hydroxylation is 1. The SMILES string of the molecule is O=C(c1ccc(Oc2ccc3c(c2)CC[C@H]3c2sc(=O)[nH]c2O)c(Cl)c1)N1CC(F)(F)C1. The molecule has 2 aliphatic rings. The van der Waals surface area contributed by atoms with Crippen molar-refractivity contribution in [3.63, 3.8) is 0 Å². The first-order valence-corrected chi connectivity index (χ1v) is 11.1. The number of carbonyl (C=O) groups is 1. The molecule has 0 bridgehead atoms. The average molecular weight is 479 g/mol. The van der Waals surface area contributed by atoms with E-state index in [4.69, 9.17) is 16.3 Å². The zero-order chi connectivity index (χ0) is 22.6. The zero-order valence-electron chi connectivity index (χ0n) is 16.5. The van der Waals surface area contributed by atoms with Crippen molar-refractivity contribution in [3.05, 3.63) is 72.7 Å². The number of benzene rings is 2. The maximum atomic E-state index is 13.0. The summed E-state index contributed by atoms with van der Waals surface area (Å²) in [5.41, 5.74) is 2.30. The van der Waals surface area contributed by atoms with Crippen LogP contribution < -0.4 is 9.61 Å². The molecule has 32 heavy (non-hydrogen) atoms. The van der Waals surface area contributed by atoms with Crippen LogP contribution in [0.25, 0.3) is 0 Å². The number of nitrogens with zero attached hydrogens (tertiary/aromatic N) is 1. The predicted molar refractivity (Wildman–Crippen MR) is 116 cm³/mol. The van der Waals surface area contributed by atoms with Crippen molar-refractivity contribution in [2.24, 2.45) is 0 Å². The van der Waals surface area contributed by atoms with E-state index in [0.29, 0.717) is 16.4 Å². The second-order valence-corrected chi connectivity index (χ2v) is 9.37. The number of likely N-dealkylation sites (tertiary alicyclic amines) is 1. The van der Waals surface area contributed by atoms with E-state index in [1.807, 2.05) is 12.1 Å². The van der Waals surface area contributed by atoms with Crippen molar-refractivity contribution in [1.29, 1.82) is 0 Å². The van der Waals surface area contributed by atoms with E-state index in [2.05, 4.69) is 4.98 Å². The molecule has 10 heteroatoms. The summed E-state index contributed by atoms with van der Waals surface area (Å²) in [6.07, 6.45) is 1.54. The fraction of sp³-hybridized carbons (Fsp3) is 0.273. The lowest BCUT2D eigenvalue weighted by molar-refractivity contribution is -0.113. The third-order valence-corrected chi connectivity index (χ3v) is 6.98. The number of alkyl halides is 2. The first-order chi connectivity index (χ1) is 15.2. The summed E-state index contributed by atoms with van der Waals surface area (Å²) in [5, 5.41) is 10.2. The van der Waals surface area contributed by atoms with Gasteiger partial charge in [0.2, 0.25) is 5.88 Å². The molecule has 0 unspecified atom stereocenters. The van der Waals surface area contributed by atoms with Crippen molar-refractivity contribution in [2.45, 2.75) is 24.7 Å². The van der Waals surface area contributed by atoms with Crippen molar-refractivity contribution < 1.29 is 23.4 Å². The lowest BCUT2D eigenvalue weighted by Crippen LogP contribution is -2.58. The minimum atomic E-state index is -2.83. The van der Waals surface area contributed by atoms with Crippen LogP contribution >= 0.6 is 22.9 Å². The summed E-state index contributed by atoms with van der Waals surface area (Å²) in [6.45, 7) is -1.18. The fourth-order valence-electron chi connectivity index (χ4n) is 4.18. The van der Waals surface area contributed by atoms with Crippen molar-refractivity contribution >= 4 is 28.8 Å². The standard InChI is InChI=1S/C22H17ClF2N2O4S/c23-16-8-12(20(29)27-9-22(24,25)10-27)2-6-17(16)31-13-3-5-14-11(7-13)1-4-15(14)18-19(28)26-21(30)32-18/h2-3,5-8,15,28H,1,4,9-10H2,(H,26,30)/t15-/m1/s1. The number of ether oxygens (including phenoxy) is 1. The highest BCUT2D eigenvalue weighted by Crippen LogP contribution is 2.43. The molecule has 0 saturated carbocycles. The van der Waals surface area contributed by atoms with Gasteiger partial charge in [-0.15, -0.1) is 0 Å². The highest BCUT2D eigenvalue weighted by molar-refractivity contribution is 7.09. The van der Waals surface area contributed by atoms with Gasteiger partial charge in [0.05, 0.1) is 23.0 Å². The van der Waals surface area contributed by atoms with E-state index in [0.717, 1.165) is 40.2 Å². The molecule has 2 heterocycles. The van der Waals surface area contributed by atoms with Crippen molar-refractivity contribution in [1.82, 2.24) is 9.88 Å². The Balaban J connectivity index is 1.32. The fourth-order valence-corrected chi connectivity index (χ4v) is 5.28. The van der Waals surface area contributed by atoms with Crippen LogP contribution in [-0.4, -0.2) is 39.9 Å². The number of thiazole rings is 1. The molecule has 5 rings (SSSR count). The molecule has 3 aromatic rings. The first kappa shape index (κ1) is 21.0. The number of aromatic hydroxyl groups is 1.